The summed E-state index contributed by atoms with van der Waals surface area (Å²) in [5.74, 6) is -0.361. The molecule has 78 valence electrons. The topological polar surface area (TPSA) is 65.2 Å². The number of nitrogens with zero attached hydrogens (tertiary/aromatic N) is 1. The second-order valence-corrected chi connectivity index (χ2v) is 3.89. The van der Waals surface area contributed by atoms with Crippen LogP contribution in [-0.4, -0.2) is 23.6 Å². The highest BCUT2D eigenvalue weighted by Crippen LogP contribution is 2.10. The summed E-state index contributed by atoms with van der Waals surface area (Å²) < 4.78 is 4.80. The lowest BCUT2D eigenvalue weighted by Crippen LogP contribution is -2.34. The molecular formula is C9H14N2O2S. The molecule has 1 atom stereocenters. The van der Waals surface area contributed by atoms with Gasteiger partial charge in [0.2, 0.25) is 0 Å². The Kier molecular flexibility index (Phi) is 4.03. The predicted octanol–water partition coefficient (Wildman–Crippen LogP) is 0.884. The van der Waals surface area contributed by atoms with E-state index in [-0.39, 0.29) is 5.97 Å². The van der Waals surface area contributed by atoms with Gasteiger partial charge < -0.3 is 10.5 Å². The maximum absolute atomic E-state index is 11.2. The van der Waals surface area contributed by atoms with E-state index in [2.05, 4.69) is 4.98 Å². The van der Waals surface area contributed by atoms with Crippen LogP contribution in [0.25, 0.3) is 0 Å². The van der Waals surface area contributed by atoms with E-state index in [1.54, 1.807) is 6.92 Å². The first-order valence-corrected chi connectivity index (χ1v) is 5.34. The van der Waals surface area contributed by atoms with Gasteiger partial charge in [-0.25, -0.2) is 4.98 Å². The molecule has 1 rings (SSSR count). The third-order valence-electron chi connectivity index (χ3n) is 1.65. The normalized spacial score (nSPS) is 12.5. The van der Waals surface area contributed by atoms with Gasteiger partial charge in [-0.15, -0.1) is 11.3 Å². The largest absolute Gasteiger partial charge is 0.465 e. The Morgan fingerprint density at radius 2 is 2.50 bits per heavy atom. The first-order valence-electron chi connectivity index (χ1n) is 4.46. The maximum Gasteiger partial charge on any atom is 0.323 e. The Hall–Kier alpha value is -0.940. The Morgan fingerprint density at radius 1 is 1.79 bits per heavy atom. The van der Waals surface area contributed by atoms with Gasteiger partial charge in [-0.05, 0) is 13.8 Å². The number of carbonyl (C=O) groups excluding carboxylic acids is 1. The molecule has 0 saturated heterocycles. The number of aromatic nitrogens is 1. The molecule has 1 unspecified atom stereocenters. The van der Waals surface area contributed by atoms with Crippen LogP contribution in [0.5, 0.6) is 0 Å². The maximum atomic E-state index is 11.2. The summed E-state index contributed by atoms with van der Waals surface area (Å²) in [5.41, 5.74) is 6.60. The smallest absolute Gasteiger partial charge is 0.323 e. The molecule has 0 bridgehead atoms. The molecule has 0 spiro atoms. The lowest BCUT2D eigenvalue weighted by molar-refractivity contribution is -0.144. The zero-order valence-corrected chi connectivity index (χ0v) is 9.13. The summed E-state index contributed by atoms with van der Waals surface area (Å²) in [5, 5.41) is 2.82. The van der Waals surface area contributed by atoms with E-state index in [0.717, 1.165) is 10.7 Å². The van der Waals surface area contributed by atoms with Crippen molar-refractivity contribution in [2.75, 3.05) is 6.61 Å². The van der Waals surface area contributed by atoms with Crippen LogP contribution in [0, 0.1) is 6.92 Å². The lowest BCUT2D eigenvalue weighted by atomic mass is 10.2. The minimum absolute atomic E-state index is 0.361. The summed E-state index contributed by atoms with van der Waals surface area (Å²) in [7, 11) is 0. The standard InChI is InChI=1S/C9H14N2O2S/c1-3-13-9(12)7(10)4-8-11-6(2)5-14-8/h5,7H,3-4,10H2,1-2H3. The highest BCUT2D eigenvalue weighted by molar-refractivity contribution is 7.09. The van der Waals surface area contributed by atoms with Gasteiger partial charge >= 0.3 is 5.97 Å². The number of rotatable bonds is 4. The molecular weight excluding hydrogens is 200 g/mol. The molecule has 0 aliphatic carbocycles. The Morgan fingerprint density at radius 3 is 3.00 bits per heavy atom. The number of thiazole rings is 1. The molecule has 0 fully saturated rings. The number of aryl methyl sites for hydroxylation is 1. The zero-order valence-electron chi connectivity index (χ0n) is 8.32. The fourth-order valence-electron chi connectivity index (χ4n) is 1.02. The fourth-order valence-corrected chi connectivity index (χ4v) is 1.85. The quantitative estimate of drug-likeness (QED) is 0.756. The van der Waals surface area contributed by atoms with Gasteiger partial charge in [0.1, 0.15) is 6.04 Å². The number of hydrogen-bond acceptors (Lipinski definition) is 5. The molecule has 0 aromatic carbocycles. The monoisotopic (exact) mass is 214 g/mol. The van der Waals surface area contributed by atoms with E-state index >= 15 is 0 Å². The predicted molar refractivity (Wildman–Crippen MR) is 55.2 cm³/mol. The molecule has 1 aromatic rings. The molecule has 0 saturated carbocycles. The summed E-state index contributed by atoms with van der Waals surface area (Å²) in [6.45, 7) is 4.04. The van der Waals surface area contributed by atoms with Crippen molar-refractivity contribution in [1.29, 1.82) is 0 Å². The molecule has 0 amide bonds. The first kappa shape index (κ1) is 11.1. The molecule has 2 N–H and O–H groups in total. The Bertz CT molecular complexity index is 312. The lowest BCUT2D eigenvalue weighted by Gasteiger charge is -2.07. The van der Waals surface area contributed by atoms with E-state index in [1.165, 1.54) is 11.3 Å². The van der Waals surface area contributed by atoms with Gasteiger partial charge in [0.25, 0.3) is 0 Å². The van der Waals surface area contributed by atoms with Crippen molar-refractivity contribution in [2.45, 2.75) is 26.3 Å². The van der Waals surface area contributed by atoms with Gasteiger partial charge in [0.15, 0.2) is 0 Å². The molecule has 5 heteroatoms. The molecule has 14 heavy (non-hydrogen) atoms. The Balaban J connectivity index is 2.48. The highest BCUT2D eigenvalue weighted by atomic mass is 32.1. The van der Waals surface area contributed by atoms with Crippen LogP contribution in [0.4, 0.5) is 0 Å². The average Bonchev–Trinajstić information content (AvgIpc) is 2.51. The van der Waals surface area contributed by atoms with E-state index in [4.69, 9.17) is 10.5 Å². The number of carbonyl (C=O) groups is 1. The first-order chi connectivity index (χ1) is 6.63. The Labute approximate surface area is 87.1 Å². The third-order valence-corrected chi connectivity index (χ3v) is 2.64. The van der Waals surface area contributed by atoms with Crippen molar-refractivity contribution in [3.63, 3.8) is 0 Å². The number of hydrogen-bond donors (Lipinski definition) is 1. The van der Waals surface area contributed by atoms with Crippen molar-refractivity contribution < 1.29 is 9.53 Å². The van der Waals surface area contributed by atoms with E-state index in [9.17, 15) is 4.79 Å². The van der Waals surface area contributed by atoms with Crippen molar-refractivity contribution in [1.82, 2.24) is 4.98 Å². The number of ether oxygens (including phenoxy) is 1. The van der Waals surface area contributed by atoms with Crippen molar-refractivity contribution >= 4 is 17.3 Å². The van der Waals surface area contributed by atoms with Crippen LogP contribution in [0.1, 0.15) is 17.6 Å². The van der Waals surface area contributed by atoms with Gasteiger partial charge in [0.05, 0.1) is 11.6 Å². The molecule has 0 radical (unpaired) electrons. The van der Waals surface area contributed by atoms with Crippen LogP contribution in [0.15, 0.2) is 5.38 Å². The summed E-state index contributed by atoms with van der Waals surface area (Å²) in [6, 6.07) is -0.597. The van der Waals surface area contributed by atoms with Gasteiger partial charge in [0, 0.05) is 17.5 Å². The second-order valence-electron chi connectivity index (χ2n) is 2.95. The van der Waals surface area contributed by atoms with Crippen LogP contribution in [-0.2, 0) is 16.0 Å². The summed E-state index contributed by atoms with van der Waals surface area (Å²) in [4.78, 5) is 15.4. The summed E-state index contributed by atoms with van der Waals surface area (Å²) in [6.07, 6.45) is 0.456. The molecule has 4 nitrogen and oxygen atoms in total. The third kappa shape index (κ3) is 3.08. The highest BCUT2D eigenvalue weighted by Gasteiger charge is 2.16. The van der Waals surface area contributed by atoms with E-state index in [1.807, 2.05) is 12.3 Å². The second kappa shape index (κ2) is 5.07. The van der Waals surface area contributed by atoms with Crippen molar-refractivity contribution in [3.05, 3.63) is 16.1 Å². The minimum Gasteiger partial charge on any atom is -0.465 e. The molecule has 1 heterocycles. The summed E-state index contributed by atoms with van der Waals surface area (Å²) >= 11 is 1.51. The van der Waals surface area contributed by atoms with E-state index < -0.39 is 6.04 Å². The van der Waals surface area contributed by atoms with Gasteiger partial charge in [-0.3, -0.25) is 4.79 Å². The van der Waals surface area contributed by atoms with Crippen molar-refractivity contribution in [2.24, 2.45) is 5.73 Å². The molecule has 0 aliphatic heterocycles. The minimum atomic E-state index is -0.597. The van der Waals surface area contributed by atoms with Gasteiger partial charge in [-0.2, -0.15) is 0 Å². The fraction of sp³-hybridized carbons (Fsp3) is 0.556. The van der Waals surface area contributed by atoms with E-state index in [0.29, 0.717) is 13.0 Å². The van der Waals surface area contributed by atoms with Crippen LogP contribution >= 0.6 is 11.3 Å². The molecule has 0 aliphatic rings. The molecule has 1 aromatic heterocycles. The number of esters is 1. The van der Waals surface area contributed by atoms with Crippen LogP contribution in [0.2, 0.25) is 0 Å². The van der Waals surface area contributed by atoms with Crippen molar-refractivity contribution in [3.8, 4) is 0 Å². The van der Waals surface area contributed by atoms with Crippen LogP contribution in [0.3, 0.4) is 0 Å². The average molecular weight is 214 g/mol. The van der Waals surface area contributed by atoms with Gasteiger partial charge in [-0.1, -0.05) is 0 Å². The zero-order chi connectivity index (χ0) is 10.6. The van der Waals surface area contributed by atoms with Crippen LogP contribution < -0.4 is 5.73 Å². The SMILES string of the molecule is CCOC(=O)C(N)Cc1nc(C)cs1. The number of nitrogens with two attached hydrogens (primary N) is 1.